The number of thioether (sulfide) groups is 1. The van der Waals surface area contributed by atoms with Crippen molar-refractivity contribution in [3.05, 3.63) is 24.5 Å². The zero-order valence-electron chi connectivity index (χ0n) is 12.5. The number of aromatic nitrogens is 3. The van der Waals surface area contributed by atoms with E-state index in [0.717, 1.165) is 4.90 Å². The van der Waals surface area contributed by atoms with Crippen LogP contribution in [-0.2, 0) is 9.59 Å². The number of imide groups is 1. The monoisotopic (exact) mass is 334 g/mol. The number of nitrogens with one attached hydrogen (secondary N) is 1. The number of H-pyrrole nitrogens is 1. The van der Waals surface area contributed by atoms with Crippen molar-refractivity contribution < 1.29 is 19.1 Å². The number of methoxy groups -OCH3 is 2. The highest BCUT2D eigenvalue weighted by molar-refractivity contribution is 8.00. The normalized spacial score (nSPS) is 17.7. The maximum atomic E-state index is 12.5. The van der Waals surface area contributed by atoms with Crippen LogP contribution in [0, 0.1) is 0 Å². The lowest BCUT2D eigenvalue weighted by Crippen LogP contribution is -2.31. The van der Waals surface area contributed by atoms with Crippen LogP contribution in [-0.4, -0.2) is 46.5 Å². The second-order valence-corrected chi connectivity index (χ2v) is 5.90. The fourth-order valence-corrected chi connectivity index (χ4v) is 3.23. The molecule has 0 saturated carbocycles. The summed E-state index contributed by atoms with van der Waals surface area (Å²) in [7, 11) is 3.02. The Hall–Kier alpha value is -2.55. The van der Waals surface area contributed by atoms with Crippen LogP contribution < -0.4 is 14.4 Å². The topological polar surface area (TPSA) is 97.4 Å². The summed E-state index contributed by atoms with van der Waals surface area (Å²) in [5.41, 5.74) is 0.457. The van der Waals surface area contributed by atoms with Crippen LogP contribution in [0.3, 0.4) is 0 Å². The van der Waals surface area contributed by atoms with Crippen molar-refractivity contribution in [3.8, 4) is 11.5 Å². The number of rotatable bonds is 5. The third kappa shape index (κ3) is 2.87. The molecule has 9 heteroatoms. The summed E-state index contributed by atoms with van der Waals surface area (Å²) in [5.74, 6) is 0.433. The Bertz CT molecular complexity index is 734. The van der Waals surface area contributed by atoms with E-state index in [-0.39, 0.29) is 18.2 Å². The van der Waals surface area contributed by atoms with E-state index in [2.05, 4.69) is 15.2 Å². The van der Waals surface area contributed by atoms with Crippen LogP contribution in [0.2, 0.25) is 0 Å². The number of aromatic amines is 1. The van der Waals surface area contributed by atoms with Gasteiger partial charge in [-0.2, -0.15) is 5.10 Å². The predicted octanol–water partition coefficient (Wildman–Crippen LogP) is 1.25. The SMILES string of the molecule is COc1ccc(N2C(=O)C[C@@H](Sc3ncn[nH]3)C2=O)cc1OC. The fourth-order valence-electron chi connectivity index (χ4n) is 2.32. The Balaban J connectivity index is 1.85. The quantitative estimate of drug-likeness (QED) is 0.822. The number of hydrogen-bond donors (Lipinski definition) is 1. The van der Waals surface area contributed by atoms with Crippen LogP contribution in [0.1, 0.15) is 6.42 Å². The van der Waals surface area contributed by atoms with Gasteiger partial charge in [0.2, 0.25) is 11.8 Å². The van der Waals surface area contributed by atoms with Crippen molar-refractivity contribution in [1.29, 1.82) is 0 Å². The van der Waals surface area contributed by atoms with Gasteiger partial charge in [0.1, 0.15) is 11.6 Å². The second kappa shape index (κ2) is 6.29. The number of amides is 2. The standard InChI is InChI=1S/C14H14N4O4S/c1-21-9-4-3-8(5-10(9)22-2)18-12(19)6-11(13(18)20)23-14-15-7-16-17-14/h3-5,7,11H,6H2,1-2H3,(H,15,16,17)/t11-/m1/s1. The van der Waals surface area contributed by atoms with Crippen LogP contribution in [0.25, 0.3) is 0 Å². The molecule has 1 atom stereocenters. The van der Waals surface area contributed by atoms with Crippen molar-refractivity contribution in [2.45, 2.75) is 16.8 Å². The van der Waals surface area contributed by atoms with E-state index < -0.39 is 5.25 Å². The maximum Gasteiger partial charge on any atom is 0.247 e. The Kier molecular flexibility index (Phi) is 4.20. The van der Waals surface area contributed by atoms with Crippen LogP contribution in [0.15, 0.2) is 29.7 Å². The first-order valence-corrected chi connectivity index (χ1v) is 7.63. The molecule has 1 saturated heterocycles. The van der Waals surface area contributed by atoms with Crippen molar-refractivity contribution in [3.63, 3.8) is 0 Å². The highest BCUT2D eigenvalue weighted by atomic mass is 32.2. The zero-order valence-corrected chi connectivity index (χ0v) is 13.3. The third-order valence-corrected chi connectivity index (χ3v) is 4.45. The number of ether oxygens (including phenoxy) is 2. The van der Waals surface area contributed by atoms with Gasteiger partial charge in [0.15, 0.2) is 16.7 Å². The lowest BCUT2D eigenvalue weighted by molar-refractivity contribution is -0.121. The summed E-state index contributed by atoms with van der Waals surface area (Å²) in [4.78, 5) is 29.9. The molecule has 0 radical (unpaired) electrons. The molecule has 0 bridgehead atoms. The number of carbonyl (C=O) groups excluding carboxylic acids is 2. The minimum Gasteiger partial charge on any atom is -0.493 e. The van der Waals surface area contributed by atoms with Crippen LogP contribution >= 0.6 is 11.8 Å². The lowest BCUT2D eigenvalue weighted by atomic mass is 10.2. The molecule has 0 aliphatic carbocycles. The van der Waals surface area contributed by atoms with E-state index in [0.29, 0.717) is 22.3 Å². The largest absolute Gasteiger partial charge is 0.493 e. The molecule has 1 aliphatic rings. The summed E-state index contributed by atoms with van der Waals surface area (Å²) in [6.07, 6.45) is 1.47. The molecule has 1 aromatic carbocycles. The number of benzene rings is 1. The van der Waals surface area contributed by atoms with Gasteiger partial charge in [0.05, 0.1) is 19.9 Å². The van der Waals surface area contributed by atoms with Gasteiger partial charge in [-0.3, -0.25) is 14.7 Å². The molecule has 120 valence electrons. The molecule has 2 aromatic rings. The molecule has 23 heavy (non-hydrogen) atoms. The molecular formula is C14H14N4O4S. The number of anilines is 1. The van der Waals surface area contributed by atoms with Gasteiger partial charge in [0.25, 0.3) is 0 Å². The van der Waals surface area contributed by atoms with E-state index >= 15 is 0 Å². The Morgan fingerprint density at radius 3 is 2.70 bits per heavy atom. The van der Waals surface area contributed by atoms with Crippen molar-refractivity contribution in [2.75, 3.05) is 19.1 Å². The first-order chi connectivity index (χ1) is 11.1. The predicted molar refractivity (Wildman–Crippen MR) is 82.7 cm³/mol. The van der Waals surface area contributed by atoms with Gasteiger partial charge in [-0.25, -0.2) is 9.88 Å². The minimum atomic E-state index is -0.524. The maximum absolute atomic E-state index is 12.5. The van der Waals surface area contributed by atoms with Gasteiger partial charge in [-0.15, -0.1) is 0 Å². The Morgan fingerprint density at radius 2 is 2.04 bits per heavy atom. The highest BCUT2D eigenvalue weighted by Crippen LogP contribution is 2.36. The number of nitrogens with zero attached hydrogens (tertiary/aromatic N) is 3. The van der Waals surface area contributed by atoms with E-state index in [4.69, 9.17) is 9.47 Å². The second-order valence-electron chi connectivity index (χ2n) is 4.71. The summed E-state index contributed by atoms with van der Waals surface area (Å²) in [6.45, 7) is 0. The lowest BCUT2D eigenvalue weighted by Gasteiger charge is -2.16. The molecular weight excluding hydrogens is 320 g/mol. The molecule has 1 aromatic heterocycles. The van der Waals surface area contributed by atoms with Crippen LogP contribution in [0.4, 0.5) is 5.69 Å². The Labute approximate surface area is 136 Å². The molecule has 0 unspecified atom stereocenters. The summed E-state index contributed by atoms with van der Waals surface area (Å²) < 4.78 is 10.4. The molecule has 1 fully saturated rings. The highest BCUT2D eigenvalue weighted by Gasteiger charge is 2.40. The zero-order chi connectivity index (χ0) is 16.4. The summed E-state index contributed by atoms with van der Waals surface area (Å²) in [5, 5.41) is 6.38. The first kappa shape index (κ1) is 15.3. The third-order valence-electron chi connectivity index (χ3n) is 3.38. The smallest absolute Gasteiger partial charge is 0.247 e. The Morgan fingerprint density at radius 1 is 1.26 bits per heavy atom. The summed E-state index contributed by atoms with van der Waals surface area (Å²) >= 11 is 1.19. The van der Waals surface area contributed by atoms with Gasteiger partial charge in [-0.1, -0.05) is 11.8 Å². The molecule has 0 spiro atoms. The van der Waals surface area contributed by atoms with Crippen molar-refractivity contribution in [2.24, 2.45) is 0 Å². The molecule has 1 N–H and O–H groups in total. The van der Waals surface area contributed by atoms with Crippen molar-refractivity contribution in [1.82, 2.24) is 15.2 Å². The fraction of sp³-hybridized carbons (Fsp3) is 0.286. The van der Waals surface area contributed by atoms with Crippen molar-refractivity contribution >= 4 is 29.3 Å². The van der Waals surface area contributed by atoms with Gasteiger partial charge in [-0.05, 0) is 12.1 Å². The van der Waals surface area contributed by atoms with E-state index in [1.807, 2.05) is 0 Å². The molecule has 3 rings (SSSR count). The average Bonchev–Trinajstić information content (AvgIpc) is 3.16. The molecule has 8 nitrogen and oxygen atoms in total. The molecule has 1 aliphatic heterocycles. The van der Waals surface area contributed by atoms with E-state index in [9.17, 15) is 9.59 Å². The average molecular weight is 334 g/mol. The first-order valence-electron chi connectivity index (χ1n) is 6.75. The summed E-state index contributed by atoms with van der Waals surface area (Å²) in [6, 6.07) is 4.92. The van der Waals surface area contributed by atoms with Gasteiger partial charge in [0, 0.05) is 12.5 Å². The number of carbonyl (C=O) groups is 2. The van der Waals surface area contributed by atoms with E-state index in [1.54, 1.807) is 18.2 Å². The molecule has 2 amide bonds. The molecule has 2 heterocycles. The van der Waals surface area contributed by atoms with Gasteiger partial charge >= 0.3 is 0 Å². The van der Waals surface area contributed by atoms with Gasteiger partial charge < -0.3 is 9.47 Å². The minimum absolute atomic E-state index is 0.110. The van der Waals surface area contributed by atoms with E-state index in [1.165, 1.54) is 32.3 Å². The number of hydrogen-bond acceptors (Lipinski definition) is 7. The van der Waals surface area contributed by atoms with Crippen LogP contribution in [0.5, 0.6) is 11.5 Å².